The number of primary amides is 1. The summed E-state index contributed by atoms with van der Waals surface area (Å²) in [4.78, 5) is 25.0. The molecule has 3 N–H and O–H groups in total. The van der Waals surface area contributed by atoms with E-state index in [-0.39, 0.29) is 5.97 Å². The highest BCUT2D eigenvalue weighted by atomic mass is 16.5. The molecular weight excluding hydrogens is 392 g/mol. The van der Waals surface area contributed by atoms with Crippen LogP contribution >= 0.6 is 0 Å². The quantitative estimate of drug-likeness (QED) is 0.373. The highest BCUT2D eigenvalue weighted by molar-refractivity contribution is 5.93. The van der Waals surface area contributed by atoms with Crippen molar-refractivity contribution in [2.45, 2.75) is 45.4 Å². The average molecular weight is 425 g/mol. The Morgan fingerprint density at radius 1 is 1.00 bits per heavy atom. The molecule has 166 valence electrons. The van der Waals surface area contributed by atoms with Crippen molar-refractivity contribution in [1.82, 2.24) is 4.98 Å². The number of ether oxygens (including phenoxy) is 2. The Labute approximate surface area is 183 Å². The van der Waals surface area contributed by atoms with Gasteiger partial charge in [-0.3, -0.25) is 9.59 Å². The lowest BCUT2D eigenvalue weighted by Gasteiger charge is -2.09. The van der Waals surface area contributed by atoms with E-state index in [2.05, 4.69) is 22.7 Å². The number of benzene rings is 2. The highest BCUT2D eigenvalue weighted by Crippen LogP contribution is 2.26. The number of aromatic nitrogens is 1. The van der Waals surface area contributed by atoms with Crippen molar-refractivity contribution in [3.8, 4) is 5.75 Å². The third-order valence-corrected chi connectivity index (χ3v) is 5.09. The van der Waals surface area contributed by atoms with Crippen LogP contribution in [0.15, 0.2) is 48.7 Å². The van der Waals surface area contributed by atoms with Crippen LogP contribution in [0.3, 0.4) is 0 Å². The van der Waals surface area contributed by atoms with Crippen LogP contribution in [0.25, 0.3) is 10.9 Å². The van der Waals surface area contributed by atoms with Gasteiger partial charge in [0.2, 0.25) is 5.91 Å². The zero-order chi connectivity index (χ0) is 22.6. The molecule has 0 aliphatic carbocycles. The van der Waals surface area contributed by atoms with Crippen molar-refractivity contribution in [2.75, 3.05) is 14.2 Å². The Kier molecular flexibility index (Phi) is 9.62. The molecule has 3 aromatic rings. The Hall–Kier alpha value is -3.28. The van der Waals surface area contributed by atoms with Gasteiger partial charge < -0.3 is 20.2 Å². The number of amides is 1. The number of nitrogens with one attached hydrogen (secondary N) is 1. The van der Waals surface area contributed by atoms with Gasteiger partial charge in [0.25, 0.3) is 0 Å². The molecule has 0 saturated carbocycles. The van der Waals surface area contributed by atoms with Crippen LogP contribution in [0, 0.1) is 0 Å². The molecule has 0 aliphatic rings. The van der Waals surface area contributed by atoms with Crippen molar-refractivity contribution >= 4 is 22.8 Å². The van der Waals surface area contributed by atoms with Crippen LogP contribution in [-0.2, 0) is 16.0 Å². The third-order valence-electron chi connectivity index (χ3n) is 5.09. The molecule has 1 amide bonds. The summed E-state index contributed by atoms with van der Waals surface area (Å²) in [7, 11) is 3.03. The molecule has 2 aromatic carbocycles. The number of hydrogen-bond donors (Lipinski definition) is 2. The molecule has 0 spiro atoms. The molecule has 1 heterocycles. The summed E-state index contributed by atoms with van der Waals surface area (Å²) in [6.45, 7) is 2.15. The van der Waals surface area contributed by atoms with Gasteiger partial charge in [0.1, 0.15) is 5.75 Å². The summed E-state index contributed by atoms with van der Waals surface area (Å²) in [5, 5.41) is 1.19. The first kappa shape index (κ1) is 24.0. The molecule has 0 fully saturated rings. The summed E-state index contributed by atoms with van der Waals surface area (Å²) >= 11 is 0. The molecule has 1 aromatic heterocycles. The molecule has 0 aliphatic heterocycles. The maximum atomic E-state index is 11.2. The van der Waals surface area contributed by atoms with E-state index in [4.69, 9.17) is 10.5 Å². The lowest BCUT2D eigenvalue weighted by atomic mass is 10.0. The second-order valence-electron chi connectivity index (χ2n) is 7.31. The molecule has 31 heavy (non-hydrogen) atoms. The first-order valence-electron chi connectivity index (χ1n) is 10.6. The van der Waals surface area contributed by atoms with E-state index in [0.717, 1.165) is 30.3 Å². The number of H-pyrrole nitrogens is 1. The number of aromatic amines is 1. The molecule has 0 bridgehead atoms. The molecule has 0 saturated heterocycles. The van der Waals surface area contributed by atoms with Gasteiger partial charge >= 0.3 is 5.97 Å². The van der Waals surface area contributed by atoms with Crippen LogP contribution in [0.2, 0.25) is 0 Å². The summed E-state index contributed by atoms with van der Waals surface area (Å²) in [6, 6.07) is 13.5. The molecule has 6 heteroatoms. The van der Waals surface area contributed by atoms with Gasteiger partial charge in [-0.05, 0) is 35.7 Å². The number of para-hydroxylation sites is 1. The van der Waals surface area contributed by atoms with Gasteiger partial charge in [-0.15, -0.1) is 0 Å². The maximum Gasteiger partial charge on any atom is 0.305 e. The maximum absolute atomic E-state index is 11.2. The number of methoxy groups -OCH3 is 2. The Bertz CT molecular complexity index is 994. The van der Waals surface area contributed by atoms with Crippen molar-refractivity contribution < 1.29 is 19.1 Å². The number of esters is 1. The predicted molar refractivity (Wildman–Crippen MR) is 123 cm³/mol. The van der Waals surface area contributed by atoms with Gasteiger partial charge in [0.05, 0.1) is 14.2 Å². The van der Waals surface area contributed by atoms with Gasteiger partial charge in [0.15, 0.2) is 0 Å². The van der Waals surface area contributed by atoms with Gasteiger partial charge in [-0.1, -0.05) is 50.5 Å². The van der Waals surface area contributed by atoms with E-state index >= 15 is 0 Å². The monoisotopic (exact) mass is 424 g/mol. The van der Waals surface area contributed by atoms with E-state index in [9.17, 15) is 9.59 Å². The number of nitrogens with two attached hydrogens (primary N) is 1. The summed E-state index contributed by atoms with van der Waals surface area (Å²) in [5.74, 6) is 0.139. The molecule has 3 rings (SSSR count). The van der Waals surface area contributed by atoms with E-state index in [1.165, 1.54) is 30.9 Å². The highest BCUT2D eigenvalue weighted by Gasteiger charge is 2.10. The summed E-state index contributed by atoms with van der Waals surface area (Å²) in [5.41, 5.74) is 9.07. The Morgan fingerprint density at radius 3 is 2.45 bits per heavy atom. The lowest BCUT2D eigenvalue weighted by molar-refractivity contribution is -0.140. The largest absolute Gasteiger partial charge is 0.496 e. The predicted octanol–water partition coefficient (Wildman–Crippen LogP) is 5.00. The summed E-state index contributed by atoms with van der Waals surface area (Å²) < 4.78 is 9.87. The van der Waals surface area contributed by atoms with E-state index < -0.39 is 5.91 Å². The lowest BCUT2D eigenvalue weighted by Crippen LogP contribution is -2.11. The van der Waals surface area contributed by atoms with E-state index in [1.54, 1.807) is 19.2 Å². The normalized spacial score (nSPS) is 10.3. The number of hydrogen-bond acceptors (Lipinski definition) is 4. The Balaban J connectivity index is 0.000000291. The fraction of sp³-hybridized carbons (Fsp3) is 0.360. The van der Waals surface area contributed by atoms with Crippen LogP contribution in [0.1, 0.15) is 60.5 Å². The molecule has 0 atom stereocenters. The van der Waals surface area contributed by atoms with Gasteiger partial charge in [-0.25, -0.2) is 0 Å². The van der Waals surface area contributed by atoms with Crippen LogP contribution in [0.4, 0.5) is 0 Å². The minimum Gasteiger partial charge on any atom is -0.496 e. The molecular formula is C25H32N2O4. The van der Waals surface area contributed by atoms with Crippen molar-refractivity contribution in [2.24, 2.45) is 5.73 Å². The number of unbranched alkanes of at least 4 members (excludes halogenated alkanes) is 3. The topological polar surface area (TPSA) is 94.4 Å². The van der Waals surface area contributed by atoms with Gasteiger partial charge in [-0.2, -0.15) is 0 Å². The van der Waals surface area contributed by atoms with E-state index in [0.29, 0.717) is 17.7 Å². The molecule has 6 nitrogen and oxygen atoms in total. The minimum atomic E-state index is -0.452. The van der Waals surface area contributed by atoms with Gasteiger partial charge in [0, 0.05) is 35.5 Å². The number of carbonyl (C=O) groups excluding carboxylic acids is 2. The second-order valence-corrected chi connectivity index (χ2v) is 7.31. The molecule has 0 unspecified atom stereocenters. The number of fused-ring (bicyclic) bond motifs is 1. The van der Waals surface area contributed by atoms with Crippen LogP contribution < -0.4 is 10.5 Å². The SMILES string of the molecule is CCCCCCC(=O)OC.COc1cc(C(N)=O)ccc1Cc1c[nH]c2ccccc12. The first-order valence-corrected chi connectivity index (χ1v) is 10.6. The van der Waals surface area contributed by atoms with Crippen LogP contribution in [0.5, 0.6) is 5.75 Å². The summed E-state index contributed by atoms with van der Waals surface area (Å²) in [6.07, 6.45) is 7.86. The van der Waals surface area contributed by atoms with Crippen molar-refractivity contribution in [3.63, 3.8) is 0 Å². The van der Waals surface area contributed by atoms with Crippen molar-refractivity contribution in [1.29, 1.82) is 0 Å². The van der Waals surface area contributed by atoms with E-state index in [1.807, 2.05) is 30.5 Å². The standard InChI is InChI=1S/C17H16N2O2.C8H16O2/c1-21-16-9-12(17(18)20)7-6-11(16)8-13-10-19-15-5-3-2-4-14(13)15;1-3-4-5-6-7-8(9)10-2/h2-7,9-10,19H,8H2,1H3,(H2,18,20);3-7H2,1-2H3. The number of carbonyl (C=O) groups is 2. The first-order chi connectivity index (χ1) is 15.0. The van der Waals surface area contributed by atoms with Crippen molar-refractivity contribution in [3.05, 3.63) is 65.4 Å². The minimum absolute atomic E-state index is 0.0869. The fourth-order valence-corrected chi connectivity index (χ4v) is 3.33. The van der Waals surface area contributed by atoms with Crippen LogP contribution in [-0.4, -0.2) is 31.1 Å². The third kappa shape index (κ3) is 7.17. The average Bonchev–Trinajstić information content (AvgIpc) is 3.20. The zero-order valence-electron chi connectivity index (χ0n) is 18.6. The molecule has 0 radical (unpaired) electrons. The zero-order valence-corrected chi connectivity index (χ0v) is 18.6. The Morgan fingerprint density at radius 2 is 1.77 bits per heavy atom. The fourth-order valence-electron chi connectivity index (χ4n) is 3.33. The smallest absolute Gasteiger partial charge is 0.305 e. The number of rotatable bonds is 9. The second kappa shape index (κ2) is 12.4.